The van der Waals surface area contributed by atoms with Crippen LogP contribution in [-0.4, -0.2) is 23.9 Å². The van der Waals surface area contributed by atoms with E-state index >= 15 is 0 Å². The Kier molecular flexibility index (Phi) is 4.33. The summed E-state index contributed by atoms with van der Waals surface area (Å²) in [6, 6.07) is 0. The lowest BCUT2D eigenvalue weighted by Gasteiger charge is -2.18. The fraction of sp³-hybridized carbons (Fsp3) is 0.750. The summed E-state index contributed by atoms with van der Waals surface area (Å²) in [4.78, 5) is 22.0. The lowest BCUT2D eigenvalue weighted by Crippen LogP contribution is -2.44. The third kappa shape index (κ3) is 3.37. The van der Waals surface area contributed by atoms with Crippen molar-refractivity contribution >= 4 is 11.8 Å². The predicted molar refractivity (Wildman–Crippen MR) is 46.0 cm³/mol. The maximum Gasteiger partial charge on any atom is 0.241 e. The summed E-state index contributed by atoms with van der Waals surface area (Å²) < 4.78 is 0. The zero-order chi connectivity index (χ0) is 9.72. The molecule has 70 valence electrons. The maximum absolute atomic E-state index is 11.1. The largest absolute Gasteiger partial charge is 0.273 e. The zero-order valence-electron chi connectivity index (χ0n) is 8.05. The number of amides is 2. The molecule has 0 saturated heterocycles. The third-order valence-corrected chi connectivity index (χ3v) is 1.48. The van der Waals surface area contributed by atoms with E-state index in [4.69, 9.17) is 0 Å². The van der Waals surface area contributed by atoms with Crippen molar-refractivity contribution in [2.45, 2.75) is 27.2 Å². The molecular weight excluding hydrogens is 156 g/mol. The summed E-state index contributed by atoms with van der Waals surface area (Å²) >= 11 is 0. The molecule has 2 amide bonds. The van der Waals surface area contributed by atoms with Gasteiger partial charge in [0.05, 0.1) is 0 Å². The second-order valence-electron chi connectivity index (χ2n) is 2.94. The van der Waals surface area contributed by atoms with Gasteiger partial charge in [-0.1, -0.05) is 20.8 Å². The van der Waals surface area contributed by atoms with Crippen molar-refractivity contribution in [1.29, 1.82) is 0 Å². The Labute approximate surface area is 72.9 Å². The van der Waals surface area contributed by atoms with Gasteiger partial charge >= 0.3 is 0 Å². The monoisotopic (exact) mass is 172 g/mol. The second-order valence-corrected chi connectivity index (χ2v) is 2.94. The first-order valence-corrected chi connectivity index (χ1v) is 4.06. The molecule has 4 heteroatoms. The van der Waals surface area contributed by atoms with Crippen molar-refractivity contribution in [3.63, 3.8) is 0 Å². The van der Waals surface area contributed by atoms with E-state index in [1.165, 1.54) is 5.01 Å². The molecule has 0 aromatic heterocycles. The van der Waals surface area contributed by atoms with Crippen LogP contribution in [-0.2, 0) is 9.59 Å². The van der Waals surface area contributed by atoms with Crippen LogP contribution in [0.4, 0.5) is 0 Å². The SMILES string of the molecule is CCC(=O)N(C)NC(=O)C(C)C. The van der Waals surface area contributed by atoms with Crippen LogP contribution in [0.5, 0.6) is 0 Å². The van der Waals surface area contributed by atoms with Gasteiger partial charge in [0.15, 0.2) is 0 Å². The second kappa shape index (κ2) is 4.74. The predicted octanol–water partition coefficient (Wildman–Crippen LogP) is 0.542. The van der Waals surface area contributed by atoms with E-state index in [2.05, 4.69) is 5.43 Å². The van der Waals surface area contributed by atoms with E-state index < -0.39 is 0 Å². The van der Waals surface area contributed by atoms with E-state index in [0.717, 1.165) is 0 Å². The number of nitrogens with zero attached hydrogens (tertiary/aromatic N) is 1. The molecule has 0 atom stereocenters. The smallest absolute Gasteiger partial charge is 0.241 e. The Morgan fingerprint density at radius 3 is 2.25 bits per heavy atom. The molecule has 0 aliphatic carbocycles. The molecule has 0 saturated carbocycles. The summed E-state index contributed by atoms with van der Waals surface area (Å²) in [5.74, 6) is -0.333. The van der Waals surface area contributed by atoms with Crippen LogP contribution >= 0.6 is 0 Å². The summed E-state index contributed by atoms with van der Waals surface area (Å²) in [5.41, 5.74) is 2.47. The fourth-order valence-corrected chi connectivity index (χ4v) is 0.594. The Hall–Kier alpha value is -1.06. The molecule has 0 unspecified atom stereocenters. The standard InChI is InChI=1S/C8H16N2O2/c1-5-7(11)10(4)9-8(12)6(2)3/h6H,5H2,1-4H3,(H,9,12). The van der Waals surface area contributed by atoms with Gasteiger partial charge in [-0.15, -0.1) is 0 Å². The number of hydrogen-bond acceptors (Lipinski definition) is 2. The molecule has 0 aliphatic rings. The van der Waals surface area contributed by atoms with Gasteiger partial charge in [0.25, 0.3) is 0 Å². The Bertz CT molecular complexity index is 178. The summed E-state index contributed by atoms with van der Waals surface area (Å²) in [5, 5.41) is 1.22. The fourth-order valence-electron chi connectivity index (χ4n) is 0.594. The minimum absolute atomic E-state index is 0.0935. The van der Waals surface area contributed by atoms with E-state index in [9.17, 15) is 9.59 Å². The highest BCUT2D eigenvalue weighted by Crippen LogP contribution is 1.92. The Morgan fingerprint density at radius 1 is 1.42 bits per heavy atom. The van der Waals surface area contributed by atoms with Crippen LogP contribution in [0.1, 0.15) is 27.2 Å². The molecule has 0 rings (SSSR count). The van der Waals surface area contributed by atoms with E-state index in [1.54, 1.807) is 27.8 Å². The van der Waals surface area contributed by atoms with Crippen LogP contribution in [0.15, 0.2) is 0 Å². The number of carbonyl (C=O) groups excluding carboxylic acids is 2. The minimum Gasteiger partial charge on any atom is -0.273 e. The van der Waals surface area contributed by atoms with Crippen molar-refractivity contribution in [3.05, 3.63) is 0 Å². The van der Waals surface area contributed by atoms with E-state index in [0.29, 0.717) is 6.42 Å². The molecule has 0 aromatic rings. The van der Waals surface area contributed by atoms with Gasteiger partial charge in [0.1, 0.15) is 0 Å². The molecule has 0 heterocycles. The van der Waals surface area contributed by atoms with Gasteiger partial charge in [-0.05, 0) is 0 Å². The van der Waals surface area contributed by atoms with Crippen LogP contribution in [0.2, 0.25) is 0 Å². The molecule has 12 heavy (non-hydrogen) atoms. The van der Waals surface area contributed by atoms with Crippen molar-refractivity contribution in [1.82, 2.24) is 10.4 Å². The Balaban J connectivity index is 3.92. The topological polar surface area (TPSA) is 49.4 Å². The summed E-state index contributed by atoms with van der Waals surface area (Å²) in [6.45, 7) is 5.31. The first-order chi connectivity index (χ1) is 5.49. The van der Waals surface area contributed by atoms with Crippen molar-refractivity contribution in [2.75, 3.05) is 7.05 Å². The minimum atomic E-state index is -0.140. The normalized spacial score (nSPS) is 9.75. The van der Waals surface area contributed by atoms with Gasteiger partial charge < -0.3 is 0 Å². The van der Waals surface area contributed by atoms with Gasteiger partial charge in [0.2, 0.25) is 11.8 Å². The average Bonchev–Trinajstić information content (AvgIpc) is 2.02. The van der Waals surface area contributed by atoms with Crippen molar-refractivity contribution in [3.8, 4) is 0 Å². The highest BCUT2D eigenvalue weighted by Gasteiger charge is 2.11. The van der Waals surface area contributed by atoms with E-state index in [-0.39, 0.29) is 17.7 Å². The zero-order valence-corrected chi connectivity index (χ0v) is 8.05. The third-order valence-electron chi connectivity index (χ3n) is 1.48. The number of rotatable bonds is 2. The lowest BCUT2D eigenvalue weighted by molar-refractivity contribution is -0.140. The molecule has 0 fully saturated rings. The Morgan fingerprint density at radius 2 is 1.92 bits per heavy atom. The summed E-state index contributed by atoms with van der Waals surface area (Å²) in [6.07, 6.45) is 0.398. The van der Waals surface area contributed by atoms with Gasteiger partial charge in [0, 0.05) is 19.4 Å². The quantitative estimate of drug-likeness (QED) is 0.618. The van der Waals surface area contributed by atoms with Crippen molar-refractivity contribution in [2.24, 2.45) is 5.92 Å². The first kappa shape index (κ1) is 10.9. The molecule has 0 bridgehead atoms. The highest BCUT2D eigenvalue weighted by molar-refractivity contribution is 5.82. The molecule has 0 spiro atoms. The average molecular weight is 172 g/mol. The highest BCUT2D eigenvalue weighted by atomic mass is 16.2. The lowest BCUT2D eigenvalue weighted by atomic mass is 10.2. The van der Waals surface area contributed by atoms with Crippen LogP contribution in [0, 0.1) is 5.92 Å². The van der Waals surface area contributed by atoms with Crippen LogP contribution < -0.4 is 5.43 Å². The summed E-state index contributed by atoms with van der Waals surface area (Å²) in [7, 11) is 1.55. The van der Waals surface area contributed by atoms with Crippen LogP contribution in [0.25, 0.3) is 0 Å². The van der Waals surface area contributed by atoms with E-state index in [1.807, 2.05) is 0 Å². The number of hydrogen-bond donors (Lipinski definition) is 1. The number of hydrazine groups is 1. The number of carbonyl (C=O) groups is 2. The molecule has 4 nitrogen and oxygen atoms in total. The molecular formula is C8H16N2O2. The number of nitrogens with one attached hydrogen (secondary N) is 1. The van der Waals surface area contributed by atoms with Crippen molar-refractivity contribution < 1.29 is 9.59 Å². The maximum atomic E-state index is 11.1. The molecule has 0 aromatic carbocycles. The van der Waals surface area contributed by atoms with Crippen LogP contribution in [0.3, 0.4) is 0 Å². The molecule has 0 aliphatic heterocycles. The molecule has 1 N–H and O–H groups in total. The van der Waals surface area contributed by atoms with Gasteiger partial charge in [-0.3, -0.25) is 20.0 Å². The molecule has 0 radical (unpaired) electrons. The first-order valence-electron chi connectivity index (χ1n) is 4.06. The van der Waals surface area contributed by atoms with Gasteiger partial charge in [-0.2, -0.15) is 0 Å². The van der Waals surface area contributed by atoms with Gasteiger partial charge in [-0.25, -0.2) is 0 Å².